The van der Waals surface area contributed by atoms with Crippen molar-refractivity contribution < 1.29 is 14.0 Å². The Kier molecular flexibility index (Phi) is 4.94. The molecule has 0 heterocycles. The normalized spacial score (nSPS) is 9.12. The fraction of sp³-hybridized carbons (Fsp3) is 0.0769. The molecule has 2 rings (SSSR count). The van der Waals surface area contributed by atoms with Crippen LogP contribution < -0.4 is 5.12 Å². The Morgan fingerprint density at radius 2 is 1.47 bits per heavy atom. The maximum absolute atomic E-state index is 12.6. The van der Waals surface area contributed by atoms with Crippen LogP contribution >= 0.6 is 0 Å². The first-order valence-corrected chi connectivity index (χ1v) is 4.99. The molecule has 0 bridgehead atoms. The van der Waals surface area contributed by atoms with Gasteiger partial charge in [0.25, 0.3) is 0 Å². The SMILES string of the molecule is CN(F)c1ccccc1F.Oc1ccccc1. The fourth-order valence-electron chi connectivity index (χ4n) is 1.13. The minimum Gasteiger partial charge on any atom is -0.508 e. The number of hydrogen-bond donors (Lipinski definition) is 1. The Bertz CT molecular complexity index is 446. The smallest absolute Gasteiger partial charge is 0.149 e. The third kappa shape index (κ3) is 4.51. The molecule has 0 aliphatic heterocycles. The number of halogens is 2. The molecule has 0 fully saturated rings. The summed E-state index contributed by atoms with van der Waals surface area (Å²) in [5.41, 5.74) is -0.0394. The molecule has 0 aliphatic rings. The van der Waals surface area contributed by atoms with E-state index in [1.807, 2.05) is 6.07 Å². The fourth-order valence-corrected chi connectivity index (χ4v) is 1.13. The molecule has 4 heteroatoms. The molecule has 0 aliphatic carbocycles. The Morgan fingerprint density at radius 1 is 0.941 bits per heavy atom. The number of nitrogens with zero attached hydrogens (tertiary/aromatic N) is 1. The first kappa shape index (κ1) is 13.0. The number of anilines is 1. The van der Waals surface area contributed by atoms with Crippen LogP contribution in [-0.2, 0) is 0 Å². The second-order valence-electron chi connectivity index (χ2n) is 3.26. The summed E-state index contributed by atoms with van der Waals surface area (Å²) in [5, 5.41) is 8.88. The summed E-state index contributed by atoms with van der Waals surface area (Å²) in [6, 6.07) is 14.4. The van der Waals surface area contributed by atoms with E-state index in [-0.39, 0.29) is 10.8 Å². The number of phenols is 1. The molecule has 0 aromatic heterocycles. The van der Waals surface area contributed by atoms with Crippen LogP contribution in [0.15, 0.2) is 54.6 Å². The quantitative estimate of drug-likeness (QED) is 0.767. The van der Waals surface area contributed by atoms with E-state index >= 15 is 0 Å². The topological polar surface area (TPSA) is 23.5 Å². The first-order chi connectivity index (χ1) is 8.11. The van der Waals surface area contributed by atoms with Gasteiger partial charge in [0.05, 0.1) is 0 Å². The molecule has 0 spiro atoms. The van der Waals surface area contributed by atoms with E-state index in [9.17, 15) is 8.87 Å². The van der Waals surface area contributed by atoms with Crippen molar-refractivity contribution in [2.45, 2.75) is 0 Å². The van der Waals surface area contributed by atoms with Crippen molar-refractivity contribution in [2.24, 2.45) is 0 Å². The lowest BCUT2D eigenvalue weighted by molar-refractivity contribution is 0.462. The van der Waals surface area contributed by atoms with Crippen LogP contribution in [0.3, 0.4) is 0 Å². The molecule has 90 valence electrons. The third-order valence-electron chi connectivity index (χ3n) is 1.94. The second kappa shape index (κ2) is 6.48. The van der Waals surface area contributed by atoms with Gasteiger partial charge in [0.2, 0.25) is 0 Å². The van der Waals surface area contributed by atoms with Gasteiger partial charge in [0.1, 0.15) is 17.3 Å². The molecule has 2 aromatic rings. The van der Waals surface area contributed by atoms with Gasteiger partial charge in [-0.2, -0.15) is 0 Å². The summed E-state index contributed by atoms with van der Waals surface area (Å²) < 4.78 is 24.8. The first-order valence-electron chi connectivity index (χ1n) is 4.99. The van der Waals surface area contributed by atoms with Crippen molar-refractivity contribution >= 4 is 5.69 Å². The average Bonchev–Trinajstić information content (AvgIpc) is 2.31. The van der Waals surface area contributed by atoms with Crippen molar-refractivity contribution in [3.8, 4) is 5.75 Å². The van der Waals surface area contributed by atoms with Crippen LogP contribution in [0.25, 0.3) is 0 Å². The average molecular weight is 237 g/mol. The zero-order valence-corrected chi connectivity index (χ0v) is 9.35. The van der Waals surface area contributed by atoms with Gasteiger partial charge in [0, 0.05) is 7.05 Å². The molecule has 0 amide bonds. The van der Waals surface area contributed by atoms with E-state index in [1.54, 1.807) is 30.3 Å². The number of hydrogen-bond acceptors (Lipinski definition) is 2. The maximum atomic E-state index is 12.6. The molecule has 2 nitrogen and oxygen atoms in total. The maximum Gasteiger partial charge on any atom is 0.149 e. The molecule has 0 atom stereocenters. The van der Waals surface area contributed by atoms with Crippen molar-refractivity contribution in [2.75, 3.05) is 12.2 Å². The monoisotopic (exact) mass is 237 g/mol. The van der Waals surface area contributed by atoms with Crippen LogP contribution in [0.4, 0.5) is 14.6 Å². The van der Waals surface area contributed by atoms with Gasteiger partial charge in [-0.3, -0.25) is 0 Å². The third-order valence-corrected chi connectivity index (χ3v) is 1.94. The van der Waals surface area contributed by atoms with E-state index < -0.39 is 5.82 Å². The molecule has 2 aromatic carbocycles. The molecular formula is C13H13F2NO. The summed E-state index contributed by atoms with van der Waals surface area (Å²) in [4.78, 5) is 0. The summed E-state index contributed by atoms with van der Waals surface area (Å²) in [6.45, 7) is 0. The summed E-state index contributed by atoms with van der Waals surface area (Å²) in [7, 11) is 1.15. The van der Waals surface area contributed by atoms with Crippen LogP contribution in [0.1, 0.15) is 0 Å². The number of para-hydroxylation sites is 2. The highest BCUT2D eigenvalue weighted by Crippen LogP contribution is 2.16. The van der Waals surface area contributed by atoms with Gasteiger partial charge >= 0.3 is 0 Å². The summed E-state index contributed by atoms with van der Waals surface area (Å²) >= 11 is 0. The van der Waals surface area contributed by atoms with E-state index in [0.29, 0.717) is 5.75 Å². The van der Waals surface area contributed by atoms with E-state index in [0.717, 1.165) is 7.05 Å². The predicted molar refractivity (Wildman–Crippen MR) is 64.0 cm³/mol. The van der Waals surface area contributed by atoms with Crippen molar-refractivity contribution in [3.05, 3.63) is 60.4 Å². The summed E-state index contributed by atoms with van der Waals surface area (Å²) in [5.74, 6) is -0.227. The Labute approximate surface area is 98.7 Å². The molecule has 0 radical (unpaired) electrons. The van der Waals surface area contributed by atoms with Crippen LogP contribution in [0.2, 0.25) is 0 Å². The zero-order chi connectivity index (χ0) is 12.7. The van der Waals surface area contributed by atoms with Crippen molar-refractivity contribution in [3.63, 3.8) is 0 Å². The van der Waals surface area contributed by atoms with Crippen LogP contribution in [0, 0.1) is 5.82 Å². The highest BCUT2D eigenvalue weighted by molar-refractivity contribution is 5.43. The van der Waals surface area contributed by atoms with Gasteiger partial charge in [-0.15, -0.1) is 4.48 Å². The van der Waals surface area contributed by atoms with Gasteiger partial charge in [-0.05, 0) is 24.3 Å². The molecular weight excluding hydrogens is 224 g/mol. The van der Waals surface area contributed by atoms with Gasteiger partial charge in [-0.25, -0.2) is 9.51 Å². The number of phenolic OH excluding ortho intramolecular Hbond substituents is 1. The number of rotatable bonds is 1. The van der Waals surface area contributed by atoms with Crippen molar-refractivity contribution in [1.82, 2.24) is 0 Å². The number of aromatic hydroxyl groups is 1. The van der Waals surface area contributed by atoms with E-state index in [1.165, 1.54) is 18.2 Å². The number of benzene rings is 2. The van der Waals surface area contributed by atoms with Gasteiger partial charge in [-0.1, -0.05) is 30.3 Å². The molecule has 0 unspecified atom stereocenters. The molecule has 17 heavy (non-hydrogen) atoms. The van der Waals surface area contributed by atoms with E-state index in [2.05, 4.69) is 0 Å². The lowest BCUT2D eigenvalue weighted by Crippen LogP contribution is -2.03. The second-order valence-corrected chi connectivity index (χ2v) is 3.26. The predicted octanol–water partition coefficient (Wildman–Crippen LogP) is 3.54. The summed E-state index contributed by atoms with van der Waals surface area (Å²) in [6.07, 6.45) is 0. The minimum atomic E-state index is -0.549. The largest absolute Gasteiger partial charge is 0.508 e. The van der Waals surface area contributed by atoms with Crippen LogP contribution in [-0.4, -0.2) is 12.2 Å². The molecule has 0 saturated heterocycles. The zero-order valence-electron chi connectivity index (χ0n) is 9.35. The highest BCUT2D eigenvalue weighted by Gasteiger charge is 2.02. The van der Waals surface area contributed by atoms with E-state index in [4.69, 9.17) is 5.11 Å². The van der Waals surface area contributed by atoms with Gasteiger partial charge in [0.15, 0.2) is 0 Å². The van der Waals surface area contributed by atoms with Crippen LogP contribution in [0.5, 0.6) is 5.75 Å². The Balaban J connectivity index is 0.000000181. The Hall–Kier alpha value is -2.10. The molecule has 0 saturated carbocycles. The van der Waals surface area contributed by atoms with Gasteiger partial charge < -0.3 is 5.11 Å². The minimum absolute atomic E-state index is 0.0394. The highest BCUT2D eigenvalue weighted by atomic mass is 19.2. The standard InChI is InChI=1S/C7H7F2N.C6H6O/c1-10(9)7-5-3-2-4-6(7)8;7-6-4-2-1-3-5-6/h2-5H,1H3;1-5,7H. The molecule has 1 N–H and O–H groups in total. The van der Waals surface area contributed by atoms with Crippen molar-refractivity contribution in [1.29, 1.82) is 0 Å². The lowest BCUT2D eigenvalue weighted by atomic mass is 10.3. The lowest BCUT2D eigenvalue weighted by Gasteiger charge is -2.06. The Morgan fingerprint density at radius 3 is 1.82 bits per heavy atom.